The van der Waals surface area contributed by atoms with Gasteiger partial charge >= 0.3 is 0 Å². The van der Waals surface area contributed by atoms with Crippen molar-refractivity contribution in [1.82, 2.24) is 0 Å². The van der Waals surface area contributed by atoms with Gasteiger partial charge in [0.05, 0.1) is 10.7 Å². The first-order valence-corrected chi connectivity index (χ1v) is 6.32. The zero-order valence-corrected chi connectivity index (χ0v) is 10.7. The smallest absolute Gasteiger partial charge is 0.0640 e. The van der Waals surface area contributed by atoms with Crippen LogP contribution in [0.5, 0.6) is 0 Å². The van der Waals surface area contributed by atoms with E-state index >= 15 is 0 Å². The van der Waals surface area contributed by atoms with Crippen LogP contribution in [0.25, 0.3) is 0 Å². The fraction of sp³-hybridized carbons (Fsp3) is 0.455. The highest BCUT2D eigenvalue weighted by atomic mass is 35.5. The van der Waals surface area contributed by atoms with Gasteiger partial charge in [-0.25, -0.2) is 0 Å². The second kappa shape index (κ2) is 4.86. The van der Waals surface area contributed by atoms with Gasteiger partial charge in [0.15, 0.2) is 0 Å². The normalized spacial score (nSPS) is 18.2. The molecule has 0 atom stereocenters. The van der Waals surface area contributed by atoms with Crippen molar-refractivity contribution in [1.29, 1.82) is 0 Å². The highest BCUT2D eigenvalue weighted by Gasteiger charge is 2.18. The Labute approximate surface area is 106 Å². The number of halogens is 2. The van der Waals surface area contributed by atoms with Gasteiger partial charge in [-0.05, 0) is 31.0 Å². The first-order chi connectivity index (χ1) is 7.16. The number of anilines is 1. The molecular weight excluding hydrogens is 249 g/mol. The lowest BCUT2D eigenvalue weighted by Crippen LogP contribution is -2.34. The predicted molar refractivity (Wildman–Crippen MR) is 70.7 cm³/mol. The van der Waals surface area contributed by atoms with E-state index in [2.05, 4.69) is 17.5 Å². The van der Waals surface area contributed by atoms with E-state index in [0.29, 0.717) is 5.25 Å². The molecule has 1 fully saturated rings. The van der Waals surface area contributed by atoms with E-state index in [1.54, 1.807) is 0 Å². The third kappa shape index (κ3) is 2.74. The van der Waals surface area contributed by atoms with Crippen molar-refractivity contribution in [2.24, 2.45) is 0 Å². The molecular formula is C11H13Cl2NS. The van der Waals surface area contributed by atoms with Gasteiger partial charge in [-0.2, -0.15) is 12.6 Å². The monoisotopic (exact) mass is 261 g/mol. The zero-order valence-electron chi connectivity index (χ0n) is 8.29. The average molecular weight is 262 g/mol. The minimum Gasteiger partial charge on any atom is -0.370 e. The summed E-state index contributed by atoms with van der Waals surface area (Å²) in [6.45, 7) is 2.02. The molecule has 0 unspecified atom stereocenters. The maximum Gasteiger partial charge on any atom is 0.0640 e. The van der Waals surface area contributed by atoms with Gasteiger partial charge in [-0.15, -0.1) is 0 Å². The van der Waals surface area contributed by atoms with Crippen LogP contribution in [-0.4, -0.2) is 18.3 Å². The second-order valence-electron chi connectivity index (χ2n) is 3.81. The Morgan fingerprint density at radius 3 is 2.53 bits per heavy atom. The molecule has 0 bridgehead atoms. The molecule has 1 aromatic rings. The van der Waals surface area contributed by atoms with Gasteiger partial charge in [0.25, 0.3) is 0 Å². The van der Waals surface area contributed by atoms with E-state index < -0.39 is 0 Å². The molecule has 0 aromatic heterocycles. The van der Waals surface area contributed by atoms with Crippen molar-refractivity contribution in [3.05, 3.63) is 28.2 Å². The summed E-state index contributed by atoms with van der Waals surface area (Å²) in [7, 11) is 0. The molecule has 0 spiro atoms. The average Bonchev–Trinajstić information content (AvgIpc) is 2.23. The Bertz CT molecular complexity index is 348. The van der Waals surface area contributed by atoms with Gasteiger partial charge in [0.2, 0.25) is 0 Å². The van der Waals surface area contributed by atoms with Crippen LogP contribution in [0, 0.1) is 0 Å². The van der Waals surface area contributed by atoms with Crippen molar-refractivity contribution < 1.29 is 0 Å². The van der Waals surface area contributed by atoms with Crippen LogP contribution in [0.4, 0.5) is 5.69 Å². The van der Waals surface area contributed by atoms with Crippen LogP contribution >= 0.6 is 35.8 Å². The first-order valence-electron chi connectivity index (χ1n) is 5.05. The molecule has 1 aromatic carbocycles. The van der Waals surface area contributed by atoms with E-state index in [9.17, 15) is 0 Å². The predicted octanol–water partition coefficient (Wildman–Crippen LogP) is 3.89. The van der Waals surface area contributed by atoms with Crippen molar-refractivity contribution >= 4 is 41.5 Å². The summed E-state index contributed by atoms with van der Waals surface area (Å²) in [4.78, 5) is 2.28. The Morgan fingerprint density at radius 2 is 1.87 bits per heavy atom. The summed E-state index contributed by atoms with van der Waals surface area (Å²) in [5.74, 6) is 0. The third-order valence-corrected chi connectivity index (χ3v) is 3.78. The lowest BCUT2D eigenvalue weighted by Gasteiger charge is -2.32. The Morgan fingerprint density at radius 1 is 1.20 bits per heavy atom. The van der Waals surface area contributed by atoms with Crippen LogP contribution in [0.15, 0.2) is 18.2 Å². The Hall–Kier alpha value is -0.0500. The number of benzene rings is 1. The highest BCUT2D eigenvalue weighted by molar-refractivity contribution is 7.80. The molecule has 82 valence electrons. The van der Waals surface area contributed by atoms with E-state index in [1.807, 2.05) is 18.2 Å². The quantitative estimate of drug-likeness (QED) is 0.751. The summed E-state index contributed by atoms with van der Waals surface area (Å²) in [5, 5.41) is 2.04. The van der Waals surface area contributed by atoms with E-state index in [0.717, 1.165) is 41.7 Å². The summed E-state index contributed by atoms with van der Waals surface area (Å²) < 4.78 is 0. The molecule has 0 aliphatic carbocycles. The van der Waals surface area contributed by atoms with Crippen LogP contribution < -0.4 is 4.90 Å². The largest absolute Gasteiger partial charge is 0.370 e. The molecule has 0 saturated carbocycles. The summed E-state index contributed by atoms with van der Waals surface area (Å²) in [6.07, 6.45) is 2.21. The van der Waals surface area contributed by atoms with E-state index in [1.165, 1.54) is 0 Å². The number of piperidine rings is 1. The zero-order chi connectivity index (χ0) is 10.8. The number of thiol groups is 1. The Balaban J connectivity index is 2.18. The Kier molecular flexibility index (Phi) is 3.70. The molecule has 0 N–H and O–H groups in total. The van der Waals surface area contributed by atoms with E-state index in [-0.39, 0.29) is 0 Å². The second-order valence-corrected chi connectivity index (χ2v) is 5.39. The molecule has 1 saturated heterocycles. The molecule has 4 heteroatoms. The number of hydrogen-bond donors (Lipinski definition) is 1. The first kappa shape index (κ1) is 11.4. The minimum atomic E-state index is 0.527. The van der Waals surface area contributed by atoms with Gasteiger partial charge < -0.3 is 4.90 Å². The number of hydrogen-bond acceptors (Lipinski definition) is 2. The maximum atomic E-state index is 6.15. The molecule has 2 rings (SSSR count). The van der Waals surface area contributed by atoms with Crippen molar-refractivity contribution in [2.45, 2.75) is 18.1 Å². The maximum absolute atomic E-state index is 6.15. The van der Waals surface area contributed by atoms with Crippen molar-refractivity contribution in [3.8, 4) is 0 Å². The van der Waals surface area contributed by atoms with Gasteiger partial charge in [0, 0.05) is 23.4 Å². The molecule has 1 aliphatic heterocycles. The fourth-order valence-corrected chi connectivity index (χ4v) is 2.47. The number of rotatable bonds is 1. The SMILES string of the molecule is SC1CCN(c2cc(Cl)ccc2Cl)CC1. The molecule has 0 radical (unpaired) electrons. The lowest BCUT2D eigenvalue weighted by atomic mass is 10.1. The highest BCUT2D eigenvalue weighted by Crippen LogP contribution is 2.31. The molecule has 1 aliphatic rings. The standard InChI is InChI=1S/C11H13Cl2NS/c12-8-1-2-10(13)11(7-8)14-5-3-9(15)4-6-14/h1-2,7,9,15H,3-6H2. The third-order valence-electron chi connectivity index (χ3n) is 2.71. The van der Waals surface area contributed by atoms with Gasteiger partial charge in [0.1, 0.15) is 0 Å². The summed E-state index contributed by atoms with van der Waals surface area (Å²) in [6, 6.07) is 5.60. The van der Waals surface area contributed by atoms with Crippen molar-refractivity contribution in [3.63, 3.8) is 0 Å². The lowest BCUT2D eigenvalue weighted by molar-refractivity contribution is 0.593. The van der Waals surface area contributed by atoms with Crippen molar-refractivity contribution in [2.75, 3.05) is 18.0 Å². The summed E-state index contributed by atoms with van der Waals surface area (Å²) >= 11 is 16.6. The van der Waals surface area contributed by atoms with Crippen LogP contribution in [0.2, 0.25) is 10.0 Å². The van der Waals surface area contributed by atoms with Crippen LogP contribution in [0.1, 0.15) is 12.8 Å². The van der Waals surface area contributed by atoms with Gasteiger partial charge in [-0.3, -0.25) is 0 Å². The topological polar surface area (TPSA) is 3.24 Å². The van der Waals surface area contributed by atoms with Crippen LogP contribution in [-0.2, 0) is 0 Å². The van der Waals surface area contributed by atoms with Crippen LogP contribution in [0.3, 0.4) is 0 Å². The molecule has 1 heterocycles. The number of nitrogens with zero attached hydrogens (tertiary/aromatic N) is 1. The molecule has 15 heavy (non-hydrogen) atoms. The summed E-state index contributed by atoms with van der Waals surface area (Å²) in [5.41, 5.74) is 1.05. The molecule has 0 amide bonds. The van der Waals surface area contributed by atoms with E-state index in [4.69, 9.17) is 23.2 Å². The fourth-order valence-electron chi connectivity index (χ4n) is 1.83. The van der Waals surface area contributed by atoms with Gasteiger partial charge in [-0.1, -0.05) is 23.2 Å². The minimum absolute atomic E-state index is 0.527. The molecule has 1 nitrogen and oxygen atoms in total.